The van der Waals surface area contributed by atoms with Gasteiger partial charge in [0.25, 0.3) is 0 Å². The van der Waals surface area contributed by atoms with Crippen LogP contribution in [0.15, 0.2) is 0 Å². The summed E-state index contributed by atoms with van der Waals surface area (Å²) < 4.78 is 0. The Morgan fingerprint density at radius 2 is 2.10 bits per heavy atom. The Kier molecular flexibility index (Phi) is 5.48. The number of carbonyl (C=O) groups is 1. The van der Waals surface area contributed by atoms with Gasteiger partial charge in [0, 0.05) is 6.54 Å². The minimum Gasteiger partial charge on any atom is -0.325 e. The molecule has 1 aliphatic heterocycles. The van der Waals surface area contributed by atoms with Gasteiger partial charge in [0.1, 0.15) is 0 Å². The summed E-state index contributed by atoms with van der Waals surface area (Å²) in [5.74, 6) is 2.42. The van der Waals surface area contributed by atoms with E-state index in [1.54, 1.807) is 0 Å². The third-order valence-electron chi connectivity index (χ3n) is 5.03. The molecule has 1 heterocycles. The van der Waals surface area contributed by atoms with Crippen LogP contribution < -0.4 is 5.32 Å². The van der Waals surface area contributed by atoms with Gasteiger partial charge in [-0.2, -0.15) is 0 Å². The van der Waals surface area contributed by atoms with Crippen LogP contribution in [0.25, 0.3) is 0 Å². The zero-order valence-electron chi connectivity index (χ0n) is 13.7. The van der Waals surface area contributed by atoms with Crippen molar-refractivity contribution in [2.45, 2.75) is 78.4 Å². The predicted octanol–water partition coefficient (Wildman–Crippen LogP) is 3.40. The van der Waals surface area contributed by atoms with Gasteiger partial charge in [-0.05, 0) is 37.0 Å². The molecule has 4 unspecified atom stereocenters. The second-order valence-electron chi connectivity index (χ2n) is 7.33. The molecule has 3 nitrogen and oxygen atoms in total. The van der Waals surface area contributed by atoms with E-state index >= 15 is 0 Å². The number of rotatable bonds is 6. The van der Waals surface area contributed by atoms with Crippen LogP contribution in [-0.2, 0) is 4.79 Å². The first-order valence-corrected chi connectivity index (χ1v) is 8.59. The smallest absolute Gasteiger partial charge is 0.241 e. The molecule has 0 aromatic rings. The molecule has 0 radical (unpaired) electrons. The van der Waals surface area contributed by atoms with Crippen LogP contribution in [0.5, 0.6) is 0 Å². The SMILES string of the molecule is CCCCC1NC(C(C)C)N(CC2CCC(C)C2)C1=O. The van der Waals surface area contributed by atoms with E-state index in [0.717, 1.165) is 37.6 Å². The first-order valence-electron chi connectivity index (χ1n) is 8.59. The molecule has 2 aliphatic rings. The van der Waals surface area contributed by atoms with Crippen molar-refractivity contribution in [3.05, 3.63) is 0 Å². The summed E-state index contributed by atoms with van der Waals surface area (Å²) in [5.41, 5.74) is 0. The van der Waals surface area contributed by atoms with Crippen LogP contribution in [0.4, 0.5) is 0 Å². The minimum absolute atomic E-state index is 0.0705. The Morgan fingerprint density at radius 1 is 1.35 bits per heavy atom. The molecule has 4 atom stereocenters. The van der Waals surface area contributed by atoms with E-state index in [1.807, 2.05) is 0 Å². The Bertz CT molecular complexity index is 329. The first-order chi connectivity index (χ1) is 9.52. The average Bonchev–Trinajstić information content (AvgIpc) is 2.94. The van der Waals surface area contributed by atoms with Gasteiger partial charge in [-0.25, -0.2) is 0 Å². The Balaban J connectivity index is 1.98. The number of hydrogen-bond acceptors (Lipinski definition) is 2. The summed E-state index contributed by atoms with van der Waals surface area (Å²) >= 11 is 0. The fourth-order valence-corrected chi connectivity index (χ4v) is 3.84. The third-order valence-corrected chi connectivity index (χ3v) is 5.03. The summed E-state index contributed by atoms with van der Waals surface area (Å²) in [4.78, 5) is 14.8. The highest BCUT2D eigenvalue weighted by atomic mass is 16.2. The summed E-state index contributed by atoms with van der Waals surface area (Å²) in [5, 5.41) is 3.59. The van der Waals surface area contributed by atoms with Crippen LogP contribution in [-0.4, -0.2) is 29.6 Å². The van der Waals surface area contributed by atoms with Crippen LogP contribution in [0, 0.1) is 17.8 Å². The fraction of sp³-hybridized carbons (Fsp3) is 0.941. The lowest BCUT2D eigenvalue weighted by Crippen LogP contribution is -2.43. The molecule has 1 saturated carbocycles. The summed E-state index contributed by atoms with van der Waals surface area (Å²) in [6.07, 6.45) is 7.49. The highest BCUT2D eigenvalue weighted by molar-refractivity contribution is 5.84. The molecule has 3 heteroatoms. The van der Waals surface area contributed by atoms with Crippen LogP contribution in [0.3, 0.4) is 0 Å². The Labute approximate surface area is 124 Å². The van der Waals surface area contributed by atoms with Crippen molar-refractivity contribution in [1.82, 2.24) is 10.2 Å². The number of nitrogens with zero attached hydrogens (tertiary/aromatic N) is 1. The van der Waals surface area contributed by atoms with E-state index in [2.05, 4.69) is 37.9 Å². The van der Waals surface area contributed by atoms with Crippen LogP contribution in [0.1, 0.15) is 66.2 Å². The van der Waals surface area contributed by atoms with E-state index in [0.29, 0.717) is 11.8 Å². The molecule has 0 aromatic heterocycles. The predicted molar refractivity (Wildman–Crippen MR) is 83.3 cm³/mol. The monoisotopic (exact) mass is 280 g/mol. The molecule has 20 heavy (non-hydrogen) atoms. The van der Waals surface area contributed by atoms with Crippen molar-refractivity contribution in [2.24, 2.45) is 17.8 Å². The van der Waals surface area contributed by atoms with Crippen molar-refractivity contribution in [3.8, 4) is 0 Å². The highest BCUT2D eigenvalue weighted by Gasteiger charge is 2.41. The molecule has 0 bridgehead atoms. The lowest BCUT2D eigenvalue weighted by molar-refractivity contribution is -0.131. The number of unbranched alkanes of at least 4 members (excludes halogenated alkanes) is 1. The number of hydrogen-bond donors (Lipinski definition) is 1. The summed E-state index contributed by atoms with van der Waals surface area (Å²) in [7, 11) is 0. The molecule has 1 N–H and O–H groups in total. The van der Waals surface area contributed by atoms with Crippen molar-refractivity contribution in [1.29, 1.82) is 0 Å². The Morgan fingerprint density at radius 3 is 2.65 bits per heavy atom. The molecule has 2 rings (SSSR count). The fourth-order valence-electron chi connectivity index (χ4n) is 3.84. The van der Waals surface area contributed by atoms with Gasteiger partial charge < -0.3 is 4.90 Å². The van der Waals surface area contributed by atoms with Crippen molar-refractivity contribution in [2.75, 3.05) is 6.54 Å². The maximum absolute atomic E-state index is 12.7. The second-order valence-corrected chi connectivity index (χ2v) is 7.33. The standard InChI is InChI=1S/C17H32N2O/c1-5-6-7-15-17(20)19(16(18-15)12(2)3)11-14-9-8-13(4)10-14/h12-16,18H,5-11H2,1-4H3. The van der Waals surface area contributed by atoms with Gasteiger partial charge in [0.2, 0.25) is 5.91 Å². The molecule has 0 spiro atoms. The number of amides is 1. The molecule has 0 aromatic carbocycles. The average molecular weight is 280 g/mol. The Hall–Kier alpha value is -0.570. The van der Waals surface area contributed by atoms with E-state index in [9.17, 15) is 4.79 Å². The normalized spacial score (nSPS) is 34.5. The first kappa shape index (κ1) is 15.8. The van der Waals surface area contributed by atoms with E-state index < -0.39 is 0 Å². The number of carbonyl (C=O) groups excluding carboxylic acids is 1. The quantitative estimate of drug-likeness (QED) is 0.809. The van der Waals surface area contributed by atoms with Gasteiger partial charge in [0.15, 0.2) is 0 Å². The molecule has 1 aliphatic carbocycles. The van der Waals surface area contributed by atoms with Gasteiger partial charge in [-0.3, -0.25) is 10.1 Å². The lowest BCUT2D eigenvalue weighted by atomic mass is 10.0. The second kappa shape index (κ2) is 6.93. The minimum atomic E-state index is 0.0705. The topological polar surface area (TPSA) is 32.3 Å². The van der Waals surface area contributed by atoms with E-state index in [4.69, 9.17) is 0 Å². The zero-order chi connectivity index (χ0) is 14.7. The summed E-state index contributed by atoms with van der Waals surface area (Å²) in [6, 6.07) is 0.0705. The molecular weight excluding hydrogens is 248 g/mol. The molecule has 1 amide bonds. The van der Waals surface area contributed by atoms with Crippen molar-refractivity contribution in [3.63, 3.8) is 0 Å². The van der Waals surface area contributed by atoms with Gasteiger partial charge in [-0.15, -0.1) is 0 Å². The maximum atomic E-state index is 12.7. The van der Waals surface area contributed by atoms with E-state index in [-0.39, 0.29) is 12.2 Å². The van der Waals surface area contributed by atoms with Gasteiger partial charge >= 0.3 is 0 Å². The molecule has 1 saturated heterocycles. The third kappa shape index (κ3) is 3.55. The van der Waals surface area contributed by atoms with Crippen LogP contribution in [0.2, 0.25) is 0 Å². The maximum Gasteiger partial charge on any atom is 0.241 e. The highest BCUT2D eigenvalue weighted by Crippen LogP contribution is 2.32. The zero-order valence-corrected chi connectivity index (χ0v) is 13.7. The largest absolute Gasteiger partial charge is 0.325 e. The summed E-state index contributed by atoms with van der Waals surface area (Å²) in [6.45, 7) is 9.95. The van der Waals surface area contributed by atoms with Crippen molar-refractivity contribution < 1.29 is 4.79 Å². The molecular formula is C17H32N2O. The lowest BCUT2D eigenvalue weighted by Gasteiger charge is -2.29. The van der Waals surface area contributed by atoms with Crippen molar-refractivity contribution >= 4 is 5.91 Å². The molecule has 2 fully saturated rings. The van der Waals surface area contributed by atoms with Gasteiger partial charge in [0.05, 0.1) is 12.2 Å². The van der Waals surface area contributed by atoms with Crippen LogP contribution >= 0.6 is 0 Å². The van der Waals surface area contributed by atoms with E-state index in [1.165, 1.54) is 19.3 Å². The van der Waals surface area contributed by atoms with Gasteiger partial charge in [-0.1, -0.05) is 47.0 Å². The molecule has 116 valence electrons. The number of nitrogens with one attached hydrogen (secondary N) is 1.